The molecule has 2 heterocycles. The van der Waals surface area contributed by atoms with Gasteiger partial charge in [-0.05, 0) is 26.3 Å². The van der Waals surface area contributed by atoms with Crippen molar-refractivity contribution in [3.05, 3.63) is 35.7 Å². The molecule has 0 bridgehead atoms. The van der Waals surface area contributed by atoms with Gasteiger partial charge in [0.25, 0.3) is 5.91 Å². The molecule has 2 rings (SSSR count). The van der Waals surface area contributed by atoms with Crippen molar-refractivity contribution >= 4 is 5.91 Å². The third kappa shape index (κ3) is 2.83. The van der Waals surface area contributed by atoms with Gasteiger partial charge >= 0.3 is 0 Å². The van der Waals surface area contributed by atoms with Gasteiger partial charge < -0.3 is 10.3 Å². The number of aromatic nitrogens is 4. The fraction of sp³-hybridized carbons (Fsp3) is 0.462. The molecule has 0 radical (unpaired) electrons. The minimum Gasteiger partial charge on any atom is -0.347 e. The van der Waals surface area contributed by atoms with Crippen molar-refractivity contribution in [2.45, 2.75) is 39.8 Å². The van der Waals surface area contributed by atoms with Crippen LogP contribution >= 0.6 is 0 Å². The lowest BCUT2D eigenvalue weighted by Gasteiger charge is -2.11. The highest BCUT2D eigenvalue weighted by atomic mass is 16.2. The molecule has 19 heavy (non-hydrogen) atoms. The molecule has 2 N–H and O–H groups in total. The molecule has 0 saturated carbocycles. The summed E-state index contributed by atoms with van der Waals surface area (Å²) in [7, 11) is 0. The lowest BCUT2D eigenvalue weighted by atomic mass is 10.2. The Morgan fingerprint density at radius 2 is 2.32 bits per heavy atom. The smallest absolute Gasteiger partial charge is 0.270 e. The van der Waals surface area contributed by atoms with E-state index in [4.69, 9.17) is 0 Å². The molecule has 0 aliphatic heterocycles. The van der Waals surface area contributed by atoms with Gasteiger partial charge in [-0.3, -0.25) is 9.48 Å². The highest BCUT2D eigenvalue weighted by Gasteiger charge is 2.17. The molecule has 0 saturated heterocycles. The lowest BCUT2D eigenvalue weighted by molar-refractivity contribution is 0.0927. The van der Waals surface area contributed by atoms with E-state index < -0.39 is 0 Å². The van der Waals surface area contributed by atoms with E-state index in [1.165, 1.54) is 0 Å². The Balaban J connectivity index is 2.13. The van der Waals surface area contributed by atoms with Crippen LogP contribution in [0.3, 0.4) is 0 Å². The van der Waals surface area contributed by atoms with E-state index in [2.05, 4.69) is 20.4 Å². The second kappa shape index (κ2) is 5.69. The quantitative estimate of drug-likeness (QED) is 0.859. The standard InChI is InChI=1S/C13H19N5O/c1-4-10-8-11(18(5-2)17-10)13(19)16-9(3)12-14-6-7-15-12/h6-9H,4-5H2,1-3H3,(H,14,15)(H,16,19). The maximum absolute atomic E-state index is 12.2. The van der Waals surface area contributed by atoms with E-state index in [0.29, 0.717) is 12.2 Å². The first-order valence-electron chi connectivity index (χ1n) is 6.52. The highest BCUT2D eigenvalue weighted by Crippen LogP contribution is 2.10. The predicted octanol–water partition coefficient (Wildman–Crippen LogP) is 1.68. The summed E-state index contributed by atoms with van der Waals surface area (Å²) in [4.78, 5) is 19.4. The second-order valence-electron chi connectivity index (χ2n) is 4.36. The van der Waals surface area contributed by atoms with Crippen molar-refractivity contribution in [1.82, 2.24) is 25.1 Å². The van der Waals surface area contributed by atoms with Crippen LogP contribution in [0.1, 0.15) is 48.8 Å². The molecule has 102 valence electrons. The summed E-state index contributed by atoms with van der Waals surface area (Å²) in [6, 6.07) is 1.68. The summed E-state index contributed by atoms with van der Waals surface area (Å²) in [5.74, 6) is 0.615. The van der Waals surface area contributed by atoms with E-state index in [0.717, 1.165) is 17.9 Å². The number of hydrogen-bond acceptors (Lipinski definition) is 3. The van der Waals surface area contributed by atoms with Gasteiger partial charge in [0.15, 0.2) is 0 Å². The Kier molecular flexibility index (Phi) is 3.99. The lowest BCUT2D eigenvalue weighted by Crippen LogP contribution is -2.29. The SMILES string of the molecule is CCc1cc(C(=O)NC(C)c2ncc[nH]2)n(CC)n1. The number of nitrogens with zero attached hydrogens (tertiary/aromatic N) is 3. The van der Waals surface area contributed by atoms with Gasteiger partial charge in [-0.1, -0.05) is 6.92 Å². The molecule has 0 aliphatic carbocycles. The number of rotatable bonds is 5. The molecule has 1 unspecified atom stereocenters. The van der Waals surface area contributed by atoms with E-state index in [-0.39, 0.29) is 11.9 Å². The van der Waals surface area contributed by atoms with Gasteiger partial charge in [0.1, 0.15) is 11.5 Å². The number of aryl methyl sites for hydroxylation is 2. The first-order chi connectivity index (χ1) is 9.15. The van der Waals surface area contributed by atoms with Crippen LogP contribution < -0.4 is 5.32 Å². The molecule has 0 fully saturated rings. The van der Waals surface area contributed by atoms with Crippen LogP contribution in [0.5, 0.6) is 0 Å². The number of aromatic amines is 1. The number of H-pyrrole nitrogens is 1. The molecule has 1 atom stereocenters. The molecule has 0 aliphatic rings. The van der Waals surface area contributed by atoms with Crippen molar-refractivity contribution in [3.8, 4) is 0 Å². The second-order valence-corrected chi connectivity index (χ2v) is 4.36. The molecule has 0 spiro atoms. The Morgan fingerprint density at radius 1 is 1.53 bits per heavy atom. The first kappa shape index (κ1) is 13.3. The highest BCUT2D eigenvalue weighted by molar-refractivity contribution is 5.92. The van der Waals surface area contributed by atoms with Crippen LogP contribution in [0.25, 0.3) is 0 Å². The summed E-state index contributed by atoms with van der Waals surface area (Å²) < 4.78 is 1.73. The average Bonchev–Trinajstić information content (AvgIpc) is 3.07. The summed E-state index contributed by atoms with van der Waals surface area (Å²) in [5.41, 5.74) is 1.52. The summed E-state index contributed by atoms with van der Waals surface area (Å²) in [6.07, 6.45) is 4.23. The van der Waals surface area contributed by atoms with Gasteiger partial charge in [-0.25, -0.2) is 4.98 Å². The fourth-order valence-electron chi connectivity index (χ4n) is 1.92. The molecular formula is C13H19N5O. The zero-order valence-corrected chi connectivity index (χ0v) is 11.5. The zero-order valence-electron chi connectivity index (χ0n) is 11.5. The third-order valence-electron chi connectivity index (χ3n) is 3.00. The van der Waals surface area contributed by atoms with Crippen molar-refractivity contribution < 1.29 is 4.79 Å². The van der Waals surface area contributed by atoms with Crippen LogP contribution in [0.4, 0.5) is 0 Å². The van der Waals surface area contributed by atoms with Gasteiger partial charge in [-0.2, -0.15) is 5.10 Å². The monoisotopic (exact) mass is 261 g/mol. The van der Waals surface area contributed by atoms with E-state index >= 15 is 0 Å². The summed E-state index contributed by atoms with van der Waals surface area (Å²) in [6.45, 7) is 6.57. The average molecular weight is 261 g/mol. The Bertz CT molecular complexity index is 543. The van der Waals surface area contributed by atoms with Gasteiger partial charge in [-0.15, -0.1) is 0 Å². The zero-order chi connectivity index (χ0) is 13.8. The van der Waals surface area contributed by atoms with E-state index in [9.17, 15) is 4.79 Å². The Labute approximate surface area is 112 Å². The minimum absolute atomic E-state index is 0.127. The number of hydrogen-bond donors (Lipinski definition) is 2. The van der Waals surface area contributed by atoms with Gasteiger partial charge in [0, 0.05) is 18.9 Å². The maximum atomic E-state index is 12.2. The number of imidazole rings is 1. The molecule has 0 aromatic carbocycles. The number of carbonyl (C=O) groups is 1. The van der Waals surface area contributed by atoms with Gasteiger partial charge in [0.05, 0.1) is 11.7 Å². The van der Waals surface area contributed by atoms with Crippen LogP contribution in [-0.4, -0.2) is 25.7 Å². The molecule has 2 aromatic rings. The number of amides is 1. The van der Waals surface area contributed by atoms with Crippen molar-refractivity contribution in [2.75, 3.05) is 0 Å². The molecule has 6 heteroatoms. The fourth-order valence-corrected chi connectivity index (χ4v) is 1.92. The topological polar surface area (TPSA) is 75.6 Å². The maximum Gasteiger partial charge on any atom is 0.270 e. The predicted molar refractivity (Wildman–Crippen MR) is 71.7 cm³/mol. The van der Waals surface area contributed by atoms with Crippen LogP contribution in [0, 0.1) is 0 Å². The molecule has 2 aromatic heterocycles. The summed E-state index contributed by atoms with van der Waals surface area (Å²) >= 11 is 0. The van der Waals surface area contributed by atoms with Crippen LogP contribution in [0.2, 0.25) is 0 Å². The first-order valence-corrected chi connectivity index (χ1v) is 6.52. The van der Waals surface area contributed by atoms with E-state index in [1.54, 1.807) is 17.1 Å². The minimum atomic E-state index is -0.159. The third-order valence-corrected chi connectivity index (χ3v) is 3.00. The Morgan fingerprint density at radius 3 is 2.89 bits per heavy atom. The van der Waals surface area contributed by atoms with Crippen LogP contribution in [0.15, 0.2) is 18.5 Å². The number of nitrogens with one attached hydrogen (secondary N) is 2. The normalized spacial score (nSPS) is 12.4. The largest absolute Gasteiger partial charge is 0.347 e. The van der Waals surface area contributed by atoms with Gasteiger partial charge in [0.2, 0.25) is 0 Å². The van der Waals surface area contributed by atoms with Crippen molar-refractivity contribution in [2.24, 2.45) is 0 Å². The number of carbonyl (C=O) groups excluding carboxylic acids is 1. The molecular weight excluding hydrogens is 242 g/mol. The van der Waals surface area contributed by atoms with Crippen molar-refractivity contribution in [3.63, 3.8) is 0 Å². The molecule has 6 nitrogen and oxygen atoms in total. The Hall–Kier alpha value is -2.11. The van der Waals surface area contributed by atoms with E-state index in [1.807, 2.05) is 26.8 Å². The molecule has 1 amide bonds. The summed E-state index contributed by atoms with van der Waals surface area (Å²) in [5, 5.41) is 7.29. The van der Waals surface area contributed by atoms with Crippen molar-refractivity contribution in [1.29, 1.82) is 0 Å². The van der Waals surface area contributed by atoms with Crippen LogP contribution in [-0.2, 0) is 13.0 Å².